The Kier molecular flexibility index (Phi) is 5.61. The van der Waals surface area contributed by atoms with E-state index in [0.717, 1.165) is 13.2 Å². The maximum atomic E-state index is 6.59. The van der Waals surface area contributed by atoms with Crippen molar-refractivity contribution in [2.24, 2.45) is 5.41 Å². The molecule has 0 aromatic heterocycles. The molecule has 2 atom stereocenters. The van der Waals surface area contributed by atoms with Crippen LogP contribution in [0.4, 0.5) is 0 Å². The molecule has 0 N–H and O–H groups in total. The van der Waals surface area contributed by atoms with Gasteiger partial charge in [-0.2, -0.15) is 7.95 Å². The summed E-state index contributed by atoms with van der Waals surface area (Å²) >= 11 is 0. The van der Waals surface area contributed by atoms with Gasteiger partial charge in [0, 0.05) is 33.6 Å². The summed E-state index contributed by atoms with van der Waals surface area (Å²) in [5, 5.41) is 0. The molecule has 2 aliphatic heterocycles. The third kappa shape index (κ3) is 4.39. The molecule has 0 aliphatic carbocycles. The van der Waals surface area contributed by atoms with Crippen molar-refractivity contribution in [1.82, 2.24) is 0 Å². The van der Waals surface area contributed by atoms with Crippen LogP contribution in [0, 0.1) is 12.0 Å². The topological polar surface area (TPSA) is 31.0 Å². The van der Waals surface area contributed by atoms with Crippen LogP contribution in [0.1, 0.15) is 22.1 Å². The van der Waals surface area contributed by atoms with Gasteiger partial charge in [0.05, 0.1) is 19.3 Å². The molecule has 0 spiro atoms. The van der Waals surface area contributed by atoms with Crippen LogP contribution in [0.25, 0.3) is 0 Å². The zero-order valence-corrected chi connectivity index (χ0v) is 12.1. The van der Waals surface area contributed by atoms with Gasteiger partial charge >= 0.3 is 0 Å². The molecule has 0 aromatic rings. The first-order valence-electron chi connectivity index (χ1n) is 5.10. The Hall–Kier alpha value is 0.568. The van der Waals surface area contributed by atoms with Crippen molar-refractivity contribution in [3.8, 4) is 0 Å². The fraction of sp³-hybridized carbons (Fsp3) is 0.900. The molecule has 84 valence electrons. The van der Waals surface area contributed by atoms with E-state index in [2.05, 4.69) is 18.6 Å². The van der Waals surface area contributed by atoms with Crippen LogP contribution in [0.3, 0.4) is 0 Å². The Morgan fingerprint density at radius 2 is 2.07 bits per heavy atom. The van der Waals surface area contributed by atoms with Crippen molar-refractivity contribution in [1.29, 1.82) is 0 Å². The van der Waals surface area contributed by atoms with Crippen LogP contribution in [0.2, 0.25) is 0 Å². The van der Waals surface area contributed by atoms with Gasteiger partial charge in [0.2, 0.25) is 0 Å². The number of rotatable bonds is 2. The Bertz CT molecular complexity index is 182. The Balaban J connectivity index is 0.000000280. The first-order chi connectivity index (χ1) is 6.49. The zero-order chi connectivity index (χ0) is 10.8. The molecular formula is C10H19O3W-. The molecule has 0 aromatic carbocycles. The van der Waals surface area contributed by atoms with Gasteiger partial charge in [-0.25, -0.2) is 0 Å². The van der Waals surface area contributed by atoms with Gasteiger partial charge in [-0.1, -0.05) is 20.0 Å². The molecule has 0 bridgehead atoms. The molecule has 0 radical (unpaired) electrons. The van der Waals surface area contributed by atoms with Crippen LogP contribution in [0.5, 0.6) is 0 Å². The molecule has 2 heterocycles. The molecule has 0 amide bonds. The summed E-state index contributed by atoms with van der Waals surface area (Å²) in [7, 11) is 1.74. The van der Waals surface area contributed by atoms with Crippen molar-refractivity contribution in [3.05, 3.63) is 6.58 Å². The average molecular weight is 372 g/mol. The summed E-state index contributed by atoms with van der Waals surface area (Å²) in [6, 6.07) is 0. The quantitative estimate of drug-likeness (QED) is 0.546. The van der Waals surface area contributed by atoms with E-state index in [0.29, 0.717) is 12.7 Å². The van der Waals surface area contributed by atoms with Gasteiger partial charge in [-0.3, -0.25) is 0 Å². The summed E-state index contributed by atoms with van der Waals surface area (Å²) in [6.45, 7) is 8.24. The standard InChI is InChI=1S/C7H14O2.C3H5O.W/c1-6(8-3)7(2)4-9-5-7;1-3-2-4-3;/h6H,4-5H2,1-3H3;2-3H,1H3;/q;-1;/i;2D;. The van der Waals surface area contributed by atoms with Crippen LogP contribution in [-0.4, -0.2) is 32.5 Å². The van der Waals surface area contributed by atoms with E-state index in [1.54, 1.807) is 7.11 Å². The van der Waals surface area contributed by atoms with Gasteiger partial charge in [-0.05, 0) is 6.92 Å². The van der Waals surface area contributed by atoms with E-state index < -0.39 is 0 Å². The van der Waals surface area contributed by atoms with E-state index in [4.69, 9.17) is 10.8 Å². The zero-order valence-electron chi connectivity index (χ0n) is 10.2. The molecule has 2 aliphatic rings. The van der Waals surface area contributed by atoms with Crippen molar-refractivity contribution in [3.63, 3.8) is 0 Å². The maximum absolute atomic E-state index is 6.59. The molecule has 2 fully saturated rings. The summed E-state index contributed by atoms with van der Waals surface area (Å²) in [4.78, 5) is 0. The van der Waals surface area contributed by atoms with Crippen molar-refractivity contribution in [2.75, 3.05) is 20.3 Å². The van der Waals surface area contributed by atoms with Crippen LogP contribution in [0.15, 0.2) is 0 Å². The number of epoxide rings is 1. The smallest absolute Gasteiger partial charge is 0.0640 e. The normalized spacial score (nSPS) is 31.1. The van der Waals surface area contributed by atoms with Gasteiger partial charge in [0.15, 0.2) is 0 Å². The second kappa shape index (κ2) is 6.22. The molecule has 2 rings (SSSR count). The predicted octanol–water partition coefficient (Wildman–Crippen LogP) is 1.62. The van der Waals surface area contributed by atoms with Crippen LogP contribution >= 0.6 is 0 Å². The van der Waals surface area contributed by atoms with E-state index in [9.17, 15) is 0 Å². The van der Waals surface area contributed by atoms with Crippen molar-refractivity contribution < 1.29 is 36.6 Å². The largest absolute Gasteiger partial charge is 0.570 e. The SMILES string of the molecule is COC(C)C1(C)COC1.[2H][C-]1OC1C.[W]. The summed E-state index contributed by atoms with van der Waals surface area (Å²) in [5.41, 5.74) is 0.286. The minimum Gasteiger partial charge on any atom is -0.570 e. The fourth-order valence-corrected chi connectivity index (χ4v) is 1.01. The predicted molar refractivity (Wildman–Crippen MR) is 50.2 cm³/mol. The third-order valence-corrected chi connectivity index (χ3v) is 2.55. The molecule has 0 saturated carbocycles. The van der Waals surface area contributed by atoms with Crippen LogP contribution < -0.4 is 0 Å². The molecule has 4 heteroatoms. The molecule has 3 nitrogen and oxygen atoms in total. The molecule has 2 unspecified atom stereocenters. The number of methoxy groups -OCH3 is 1. The van der Waals surface area contributed by atoms with Crippen LogP contribution in [-0.2, 0) is 35.3 Å². The number of hydrogen-bond donors (Lipinski definition) is 0. The minimum atomic E-state index is 0. The van der Waals surface area contributed by atoms with Gasteiger partial charge in [0.1, 0.15) is 0 Å². The maximum Gasteiger partial charge on any atom is 0.0640 e. The second-order valence-corrected chi connectivity index (χ2v) is 3.90. The van der Waals surface area contributed by atoms with E-state index in [1.165, 1.54) is 0 Å². The first-order valence-corrected chi connectivity index (χ1v) is 4.60. The Labute approximate surface area is 102 Å². The monoisotopic (exact) mass is 372 g/mol. The van der Waals surface area contributed by atoms with Gasteiger partial charge in [0.25, 0.3) is 0 Å². The van der Waals surface area contributed by atoms with Gasteiger partial charge in [-0.15, -0.1) is 0 Å². The van der Waals surface area contributed by atoms with E-state index in [1.807, 2.05) is 6.92 Å². The number of ether oxygens (including phenoxy) is 3. The molecule has 2 saturated heterocycles. The van der Waals surface area contributed by atoms with E-state index in [-0.39, 0.29) is 32.6 Å². The van der Waals surface area contributed by atoms with Gasteiger partial charge < -0.3 is 14.2 Å². The molecular weight excluding hydrogens is 352 g/mol. The van der Waals surface area contributed by atoms with E-state index >= 15 is 0 Å². The third-order valence-electron chi connectivity index (χ3n) is 2.55. The van der Waals surface area contributed by atoms with Crippen molar-refractivity contribution in [2.45, 2.75) is 33.0 Å². The minimum absolute atomic E-state index is 0. The first kappa shape index (κ1) is 12.6. The Morgan fingerprint density at radius 3 is 2.14 bits per heavy atom. The average Bonchev–Trinajstić information content (AvgIpc) is 2.75. The fourth-order valence-electron chi connectivity index (χ4n) is 1.01. The summed E-state index contributed by atoms with van der Waals surface area (Å²) in [6.07, 6.45) is 0.459. The van der Waals surface area contributed by atoms with Crippen molar-refractivity contribution >= 4 is 0 Å². The summed E-state index contributed by atoms with van der Waals surface area (Å²) in [5.74, 6) is 0. The Morgan fingerprint density at radius 1 is 1.64 bits per heavy atom. The number of hydrogen-bond acceptors (Lipinski definition) is 3. The second-order valence-electron chi connectivity index (χ2n) is 3.90. The molecule has 14 heavy (non-hydrogen) atoms. The summed E-state index contributed by atoms with van der Waals surface area (Å²) < 4.78 is 21.4.